The molecule has 2 aromatic rings. The normalized spacial score (nSPS) is 21.7. The molecular formula is C25H34O2. The molecule has 1 fully saturated rings. The molecule has 1 aliphatic rings. The lowest BCUT2D eigenvalue weighted by Crippen LogP contribution is -2.29. The van der Waals surface area contributed by atoms with Gasteiger partial charge in [-0.05, 0) is 60.6 Å². The van der Waals surface area contributed by atoms with Crippen LogP contribution in [0, 0.1) is 5.92 Å². The van der Waals surface area contributed by atoms with Gasteiger partial charge in [-0.3, -0.25) is 0 Å². The minimum atomic E-state index is -0.0468. The van der Waals surface area contributed by atoms with E-state index in [9.17, 15) is 10.2 Å². The molecule has 0 amide bonds. The van der Waals surface area contributed by atoms with E-state index in [1.807, 2.05) is 24.3 Å². The molecule has 2 nitrogen and oxygen atoms in total. The first-order valence-corrected chi connectivity index (χ1v) is 10.7. The van der Waals surface area contributed by atoms with Gasteiger partial charge in [0.1, 0.15) is 11.5 Å². The molecule has 0 saturated heterocycles. The fourth-order valence-corrected chi connectivity index (χ4v) is 4.69. The van der Waals surface area contributed by atoms with Crippen LogP contribution in [0.3, 0.4) is 0 Å². The Kier molecular flexibility index (Phi) is 6.82. The first kappa shape index (κ1) is 19.8. The lowest BCUT2D eigenvalue weighted by atomic mass is 9.67. The molecule has 146 valence electrons. The summed E-state index contributed by atoms with van der Waals surface area (Å²) >= 11 is 0. The van der Waals surface area contributed by atoms with Crippen LogP contribution >= 0.6 is 0 Å². The quantitative estimate of drug-likeness (QED) is 0.604. The number of hydrogen-bond donors (Lipinski definition) is 2. The molecule has 2 aromatic carbocycles. The average molecular weight is 367 g/mol. The molecule has 0 radical (unpaired) electrons. The van der Waals surface area contributed by atoms with Gasteiger partial charge in [0.2, 0.25) is 0 Å². The van der Waals surface area contributed by atoms with E-state index in [1.165, 1.54) is 62.5 Å². The summed E-state index contributed by atoms with van der Waals surface area (Å²) in [6.07, 6.45) is 12.7. The summed E-state index contributed by atoms with van der Waals surface area (Å²) in [5.74, 6) is 1.38. The van der Waals surface area contributed by atoms with Gasteiger partial charge in [-0.25, -0.2) is 0 Å². The van der Waals surface area contributed by atoms with Crippen molar-refractivity contribution in [2.24, 2.45) is 5.92 Å². The Hall–Kier alpha value is -1.96. The fourth-order valence-electron chi connectivity index (χ4n) is 4.69. The Morgan fingerprint density at radius 2 is 1.11 bits per heavy atom. The van der Waals surface area contributed by atoms with Gasteiger partial charge < -0.3 is 10.2 Å². The maximum absolute atomic E-state index is 9.81. The Bertz CT molecular complexity index is 642. The number of phenolic OH excluding ortho intramolecular Hbond substituents is 2. The molecular weight excluding hydrogens is 332 g/mol. The van der Waals surface area contributed by atoms with Crippen molar-refractivity contribution < 1.29 is 10.2 Å². The van der Waals surface area contributed by atoms with Crippen LogP contribution in [0.4, 0.5) is 0 Å². The molecule has 1 atom stereocenters. The molecule has 0 heterocycles. The second-order valence-corrected chi connectivity index (χ2v) is 8.48. The third kappa shape index (κ3) is 5.06. The van der Waals surface area contributed by atoms with Crippen molar-refractivity contribution in [1.29, 1.82) is 0 Å². The van der Waals surface area contributed by atoms with Gasteiger partial charge in [0.05, 0.1) is 0 Å². The van der Waals surface area contributed by atoms with Crippen LogP contribution in [-0.4, -0.2) is 10.2 Å². The molecule has 1 unspecified atom stereocenters. The van der Waals surface area contributed by atoms with Gasteiger partial charge >= 0.3 is 0 Å². The van der Waals surface area contributed by atoms with E-state index in [0.717, 1.165) is 18.8 Å². The zero-order chi connectivity index (χ0) is 19.1. The van der Waals surface area contributed by atoms with E-state index < -0.39 is 0 Å². The highest BCUT2D eigenvalue weighted by molar-refractivity contribution is 5.43. The second kappa shape index (κ2) is 9.30. The summed E-state index contributed by atoms with van der Waals surface area (Å²) in [4.78, 5) is 0. The van der Waals surface area contributed by atoms with Gasteiger partial charge in [-0.15, -0.1) is 0 Å². The molecule has 1 saturated carbocycles. The summed E-state index contributed by atoms with van der Waals surface area (Å²) in [5.41, 5.74) is 2.53. The van der Waals surface area contributed by atoms with Crippen molar-refractivity contribution in [3.05, 3.63) is 59.7 Å². The molecule has 2 N–H and O–H groups in total. The summed E-state index contributed by atoms with van der Waals surface area (Å²) in [6.45, 7) is 2.39. The Labute approximate surface area is 164 Å². The van der Waals surface area contributed by atoms with Gasteiger partial charge in [0.25, 0.3) is 0 Å². The van der Waals surface area contributed by atoms with Crippen molar-refractivity contribution in [2.45, 2.75) is 76.5 Å². The molecule has 2 heteroatoms. The van der Waals surface area contributed by atoms with E-state index in [0.29, 0.717) is 11.5 Å². The smallest absolute Gasteiger partial charge is 0.115 e. The highest BCUT2D eigenvalue weighted by atomic mass is 16.3. The van der Waals surface area contributed by atoms with Gasteiger partial charge in [-0.1, -0.05) is 76.1 Å². The molecule has 0 aromatic heterocycles. The largest absolute Gasteiger partial charge is 0.508 e. The zero-order valence-electron chi connectivity index (χ0n) is 16.7. The monoisotopic (exact) mass is 366 g/mol. The zero-order valence-corrected chi connectivity index (χ0v) is 16.7. The van der Waals surface area contributed by atoms with E-state index in [1.54, 1.807) is 0 Å². The van der Waals surface area contributed by atoms with Gasteiger partial charge in [-0.2, -0.15) is 0 Å². The molecule has 1 aliphatic carbocycles. The predicted molar refractivity (Wildman–Crippen MR) is 112 cm³/mol. The van der Waals surface area contributed by atoms with Crippen molar-refractivity contribution in [1.82, 2.24) is 0 Å². The average Bonchev–Trinajstić information content (AvgIpc) is 2.67. The number of rotatable bonds is 2. The summed E-state index contributed by atoms with van der Waals surface area (Å²) < 4.78 is 0. The van der Waals surface area contributed by atoms with Crippen molar-refractivity contribution in [3.63, 3.8) is 0 Å². The van der Waals surface area contributed by atoms with Crippen LogP contribution in [0.2, 0.25) is 0 Å². The molecule has 0 aliphatic heterocycles. The maximum atomic E-state index is 9.81. The Balaban J connectivity index is 2.00. The Morgan fingerprint density at radius 3 is 1.67 bits per heavy atom. The van der Waals surface area contributed by atoms with E-state index in [4.69, 9.17) is 0 Å². The van der Waals surface area contributed by atoms with Crippen LogP contribution in [0.5, 0.6) is 11.5 Å². The first-order valence-electron chi connectivity index (χ1n) is 10.7. The fraction of sp³-hybridized carbons (Fsp3) is 0.520. The minimum absolute atomic E-state index is 0.0468. The summed E-state index contributed by atoms with van der Waals surface area (Å²) in [5, 5.41) is 19.6. The topological polar surface area (TPSA) is 40.5 Å². The second-order valence-electron chi connectivity index (χ2n) is 8.48. The van der Waals surface area contributed by atoms with Crippen LogP contribution in [0.25, 0.3) is 0 Å². The SMILES string of the molecule is CC1CCCCCCCCC(c2ccc(O)cc2)(c2ccc(O)cc2)CC1. The summed E-state index contributed by atoms with van der Waals surface area (Å²) in [7, 11) is 0. The van der Waals surface area contributed by atoms with E-state index in [-0.39, 0.29) is 5.41 Å². The number of phenols is 2. The van der Waals surface area contributed by atoms with Gasteiger partial charge in [0, 0.05) is 5.41 Å². The van der Waals surface area contributed by atoms with Crippen LogP contribution in [-0.2, 0) is 5.41 Å². The maximum Gasteiger partial charge on any atom is 0.115 e. The highest BCUT2D eigenvalue weighted by Crippen LogP contribution is 2.43. The minimum Gasteiger partial charge on any atom is -0.508 e. The number of hydrogen-bond acceptors (Lipinski definition) is 2. The molecule has 3 rings (SSSR count). The van der Waals surface area contributed by atoms with Crippen LogP contribution < -0.4 is 0 Å². The number of aromatic hydroxyl groups is 2. The Morgan fingerprint density at radius 1 is 0.630 bits per heavy atom. The van der Waals surface area contributed by atoms with Crippen molar-refractivity contribution in [2.75, 3.05) is 0 Å². The predicted octanol–water partition coefficient (Wildman–Crippen LogP) is 6.93. The first-order chi connectivity index (χ1) is 13.1. The third-order valence-corrected chi connectivity index (χ3v) is 6.45. The van der Waals surface area contributed by atoms with Crippen molar-refractivity contribution >= 4 is 0 Å². The van der Waals surface area contributed by atoms with Crippen LogP contribution in [0.1, 0.15) is 82.3 Å². The van der Waals surface area contributed by atoms with Crippen LogP contribution in [0.15, 0.2) is 48.5 Å². The lowest BCUT2D eigenvalue weighted by Gasteiger charge is -2.37. The van der Waals surface area contributed by atoms with E-state index in [2.05, 4.69) is 31.2 Å². The highest BCUT2D eigenvalue weighted by Gasteiger charge is 2.34. The van der Waals surface area contributed by atoms with Crippen molar-refractivity contribution in [3.8, 4) is 11.5 Å². The van der Waals surface area contributed by atoms with E-state index >= 15 is 0 Å². The standard InChI is InChI=1S/C25H34O2/c1-20-8-6-4-2-3-5-7-18-25(19-17-20,21-9-13-23(26)14-10-21)22-11-15-24(27)16-12-22/h9-16,20,26-27H,2-8,17-19H2,1H3. The lowest BCUT2D eigenvalue weighted by molar-refractivity contribution is 0.341. The molecule has 0 spiro atoms. The number of benzene rings is 2. The molecule has 27 heavy (non-hydrogen) atoms. The van der Waals surface area contributed by atoms with Gasteiger partial charge in [0.15, 0.2) is 0 Å². The summed E-state index contributed by atoms with van der Waals surface area (Å²) in [6, 6.07) is 15.6. The third-order valence-electron chi connectivity index (χ3n) is 6.45. The molecule has 0 bridgehead atoms.